The maximum Gasteiger partial charge on any atom is 0.261 e. The molecule has 1 aliphatic rings. The number of sulfonamides is 1. The average molecular weight is 450 g/mol. The van der Waals surface area contributed by atoms with Crippen LogP contribution >= 0.6 is 0 Å². The quantitative estimate of drug-likeness (QED) is 0.563. The van der Waals surface area contributed by atoms with Crippen LogP contribution in [-0.4, -0.2) is 27.4 Å². The fourth-order valence-corrected chi connectivity index (χ4v) is 4.86. The van der Waals surface area contributed by atoms with Gasteiger partial charge in [0.25, 0.3) is 15.9 Å². The largest absolute Gasteiger partial charge is 0.370 e. The zero-order chi connectivity index (χ0) is 22.6. The van der Waals surface area contributed by atoms with Gasteiger partial charge in [-0.3, -0.25) is 9.52 Å². The summed E-state index contributed by atoms with van der Waals surface area (Å²) in [6.45, 7) is 4.03. The average Bonchev–Trinajstić information content (AvgIpc) is 3.33. The van der Waals surface area contributed by atoms with Crippen molar-refractivity contribution < 1.29 is 13.2 Å². The molecule has 1 fully saturated rings. The molecule has 7 heteroatoms. The van der Waals surface area contributed by atoms with Gasteiger partial charge in [0, 0.05) is 25.2 Å². The molecule has 1 saturated heterocycles. The highest BCUT2D eigenvalue weighted by atomic mass is 32.2. The van der Waals surface area contributed by atoms with Gasteiger partial charge in [-0.25, -0.2) is 8.42 Å². The molecule has 1 aliphatic heterocycles. The number of hydrogen-bond acceptors (Lipinski definition) is 4. The van der Waals surface area contributed by atoms with E-state index in [4.69, 9.17) is 0 Å². The molecule has 0 spiro atoms. The molecule has 3 aromatic rings. The Balaban J connectivity index is 1.61. The fourth-order valence-electron chi connectivity index (χ4n) is 3.79. The molecular weight excluding hydrogens is 422 g/mol. The van der Waals surface area contributed by atoms with Crippen LogP contribution < -0.4 is 14.9 Å². The summed E-state index contributed by atoms with van der Waals surface area (Å²) >= 11 is 0. The molecular formula is C25H27N3O3S. The minimum Gasteiger partial charge on any atom is -0.370 e. The molecule has 0 saturated carbocycles. The predicted molar refractivity (Wildman–Crippen MR) is 127 cm³/mol. The van der Waals surface area contributed by atoms with Crippen LogP contribution in [0.1, 0.15) is 34.3 Å². The van der Waals surface area contributed by atoms with Crippen LogP contribution in [-0.2, 0) is 16.6 Å². The lowest BCUT2D eigenvalue weighted by molar-refractivity contribution is 0.0951. The normalized spacial score (nSPS) is 13.7. The van der Waals surface area contributed by atoms with E-state index in [1.807, 2.05) is 43.3 Å². The summed E-state index contributed by atoms with van der Waals surface area (Å²) in [6.07, 6.45) is 2.12. The van der Waals surface area contributed by atoms with Crippen LogP contribution in [0.4, 0.5) is 11.4 Å². The summed E-state index contributed by atoms with van der Waals surface area (Å²) in [5.41, 5.74) is 3.59. The molecule has 0 bridgehead atoms. The molecule has 0 unspecified atom stereocenters. The summed E-state index contributed by atoms with van der Waals surface area (Å²) in [7, 11) is -3.79. The number of rotatable bonds is 7. The molecule has 2 N–H and O–H groups in total. The summed E-state index contributed by atoms with van der Waals surface area (Å²) in [5, 5.41) is 2.90. The number of anilines is 2. The molecule has 0 atom stereocenters. The third-order valence-corrected chi connectivity index (χ3v) is 6.96. The van der Waals surface area contributed by atoms with Gasteiger partial charge < -0.3 is 10.2 Å². The number of amides is 1. The van der Waals surface area contributed by atoms with Crippen molar-refractivity contribution in [2.45, 2.75) is 31.2 Å². The lowest BCUT2D eigenvalue weighted by Crippen LogP contribution is -2.25. The van der Waals surface area contributed by atoms with E-state index in [0.29, 0.717) is 17.8 Å². The molecule has 6 nitrogen and oxygen atoms in total. The SMILES string of the molecule is Cc1ccc(S(=O)(=O)Nc2cc(C(=O)NCc3ccccc3)ccc2N2CCCC2)cc1. The van der Waals surface area contributed by atoms with E-state index in [1.54, 1.807) is 36.4 Å². The van der Waals surface area contributed by atoms with Gasteiger partial charge in [-0.1, -0.05) is 48.0 Å². The molecule has 3 aromatic carbocycles. The Morgan fingerprint density at radius 1 is 0.938 bits per heavy atom. The Morgan fingerprint density at radius 2 is 1.62 bits per heavy atom. The number of aryl methyl sites for hydroxylation is 1. The van der Waals surface area contributed by atoms with Crippen LogP contribution in [0.2, 0.25) is 0 Å². The third-order valence-electron chi connectivity index (χ3n) is 5.58. The molecule has 0 aromatic heterocycles. The van der Waals surface area contributed by atoms with Gasteiger partial charge in [-0.15, -0.1) is 0 Å². The number of benzene rings is 3. The van der Waals surface area contributed by atoms with Crippen molar-refractivity contribution in [3.63, 3.8) is 0 Å². The Kier molecular flexibility index (Phi) is 6.46. The highest BCUT2D eigenvalue weighted by molar-refractivity contribution is 7.92. The second-order valence-electron chi connectivity index (χ2n) is 8.01. The molecule has 1 amide bonds. The highest BCUT2D eigenvalue weighted by Crippen LogP contribution is 2.32. The van der Waals surface area contributed by atoms with Gasteiger partial charge in [0.1, 0.15) is 0 Å². The lowest BCUT2D eigenvalue weighted by Gasteiger charge is -2.23. The maximum absolute atomic E-state index is 13.0. The summed E-state index contributed by atoms with van der Waals surface area (Å²) in [6, 6.07) is 21.6. The van der Waals surface area contributed by atoms with Crippen molar-refractivity contribution in [2.75, 3.05) is 22.7 Å². The van der Waals surface area contributed by atoms with Crippen LogP contribution in [0.3, 0.4) is 0 Å². The zero-order valence-corrected chi connectivity index (χ0v) is 18.9. The molecule has 32 heavy (non-hydrogen) atoms. The Labute approximate surface area is 189 Å². The van der Waals surface area contributed by atoms with Crippen molar-refractivity contribution in [1.82, 2.24) is 5.32 Å². The Morgan fingerprint density at radius 3 is 2.31 bits per heavy atom. The molecule has 1 heterocycles. The highest BCUT2D eigenvalue weighted by Gasteiger charge is 2.22. The molecule has 0 aliphatic carbocycles. The fraction of sp³-hybridized carbons (Fsp3) is 0.240. The summed E-state index contributed by atoms with van der Waals surface area (Å²) in [4.78, 5) is 15.1. The van der Waals surface area contributed by atoms with E-state index < -0.39 is 10.0 Å². The zero-order valence-electron chi connectivity index (χ0n) is 18.0. The van der Waals surface area contributed by atoms with Crippen molar-refractivity contribution in [2.24, 2.45) is 0 Å². The van der Waals surface area contributed by atoms with E-state index in [-0.39, 0.29) is 10.8 Å². The summed E-state index contributed by atoms with van der Waals surface area (Å²) in [5.74, 6) is -0.252. The van der Waals surface area contributed by atoms with E-state index in [1.165, 1.54) is 0 Å². The van der Waals surface area contributed by atoms with Gasteiger partial charge in [-0.05, 0) is 55.7 Å². The number of carbonyl (C=O) groups excluding carboxylic acids is 1. The van der Waals surface area contributed by atoms with E-state index in [2.05, 4.69) is 14.9 Å². The second-order valence-corrected chi connectivity index (χ2v) is 9.70. The Hall–Kier alpha value is -3.32. The van der Waals surface area contributed by atoms with Crippen LogP contribution in [0.5, 0.6) is 0 Å². The van der Waals surface area contributed by atoms with Gasteiger partial charge in [0.05, 0.1) is 16.3 Å². The monoisotopic (exact) mass is 449 g/mol. The smallest absolute Gasteiger partial charge is 0.261 e. The van der Waals surface area contributed by atoms with Gasteiger partial charge in [0.2, 0.25) is 0 Å². The summed E-state index contributed by atoms with van der Waals surface area (Å²) < 4.78 is 28.8. The van der Waals surface area contributed by atoms with Crippen LogP contribution in [0.15, 0.2) is 77.7 Å². The van der Waals surface area contributed by atoms with E-state index in [9.17, 15) is 13.2 Å². The lowest BCUT2D eigenvalue weighted by atomic mass is 10.1. The van der Waals surface area contributed by atoms with Crippen molar-refractivity contribution in [3.05, 3.63) is 89.5 Å². The Bertz CT molecular complexity index is 1190. The minimum absolute atomic E-state index is 0.189. The van der Waals surface area contributed by atoms with Crippen LogP contribution in [0.25, 0.3) is 0 Å². The molecule has 166 valence electrons. The van der Waals surface area contributed by atoms with Crippen molar-refractivity contribution >= 4 is 27.3 Å². The van der Waals surface area contributed by atoms with Gasteiger partial charge >= 0.3 is 0 Å². The minimum atomic E-state index is -3.79. The van der Waals surface area contributed by atoms with E-state index >= 15 is 0 Å². The first-order chi connectivity index (χ1) is 15.4. The topological polar surface area (TPSA) is 78.5 Å². The first-order valence-corrected chi connectivity index (χ1v) is 12.2. The number of hydrogen-bond donors (Lipinski definition) is 2. The number of nitrogens with zero attached hydrogens (tertiary/aromatic N) is 1. The number of carbonyl (C=O) groups is 1. The molecule has 0 radical (unpaired) electrons. The van der Waals surface area contributed by atoms with Crippen molar-refractivity contribution in [3.8, 4) is 0 Å². The molecule has 4 rings (SSSR count). The first kappa shape index (κ1) is 21.9. The van der Waals surface area contributed by atoms with Gasteiger partial charge in [-0.2, -0.15) is 0 Å². The number of nitrogens with one attached hydrogen (secondary N) is 2. The maximum atomic E-state index is 13.0. The van der Waals surface area contributed by atoms with Crippen LogP contribution in [0, 0.1) is 6.92 Å². The standard InChI is InChI=1S/C25H27N3O3S/c1-19-9-12-22(13-10-19)32(30,31)27-23-17-21(11-14-24(23)28-15-5-6-16-28)25(29)26-18-20-7-3-2-4-8-20/h2-4,7-14,17,27H,5-6,15-16,18H2,1H3,(H,26,29). The predicted octanol–water partition coefficient (Wildman–Crippen LogP) is 4.33. The second kappa shape index (κ2) is 9.44. The third kappa shape index (κ3) is 5.11. The van der Waals surface area contributed by atoms with E-state index in [0.717, 1.165) is 42.7 Å². The van der Waals surface area contributed by atoms with Crippen molar-refractivity contribution in [1.29, 1.82) is 0 Å². The van der Waals surface area contributed by atoms with Gasteiger partial charge in [0.15, 0.2) is 0 Å². The first-order valence-electron chi connectivity index (χ1n) is 10.7.